The van der Waals surface area contributed by atoms with Gasteiger partial charge in [0.15, 0.2) is 11.5 Å². The molecule has 1 amide bonds. The van der Waals surface area contributed by atoms with Crippen LogP contribution in [0.2, 0.25) is 10.0 Å². The van der Waals surface area contributed by atoms with E-state index in [1.165, 1.54) is 13.2 Å². The van der Waals surface area contributed by atoms with Crippen molar-refractivity contribution >= 4 is 34.8 Å². The standard InChI is InChI=1S/C17H17Cl2NO3/c1-4-23-15-8-11(7-13(19)16(15)22-3)17(21)20-14-9-12(18)6-5-10(14)2/h5-9H,4H2,1-3H3,(H,20,21). The maximum atomic E-state index is 12.5. The molecular weight excluding hydrogens is 337 g/mol. The van der Waals surface area contributed by atoms with E-state index >= 15 is 0 Å². The molecule has 0 aromatic heterocycles. The number of halogens is 2. The number of ether oxygens (including phenoxy) is 2. The Labute approximate surface area is 145 Å². The van der Waals surface area contributed by atoms with Crippen molar-refractivity contribution in [3.05, 3.63) is 51.5 Å². The second-order valence-corrected chi connectivity index (χ2v) is 5.68. The first-order chi connectivity index (χ1) is 11.0. The van der Waals surface area contributed by atoms with Crippen LogP contribution in [-0.2, 0) is 0 Å². The molecule has 0 atom stereocenters. The smallest absolute Gasteiger partial charge is 0.255 e. The monoisotopic (exact) mass is 353 g/mol. The summed E-state index contributed by atoms with van der Waals surface area (Å²) in [6.45, 7) is 4.17. The minimum Gasteiger partial charge on any atom is -0.491 e. The fraction of sp³-hybridized carbons (Fsp3) is 0.235. The van der Waals surface area contributed by atoms with Crippen LogP contribution in [0.1, 0.15) is 22.8 Å². The number of methoxy groups -OCH3 is 1. The molecule has 0 radical (unpaired) electrons. The Balaban J connectivity index is 2.34. The minimum absolute atomic E-state index is 0.305. The number of amides is 1. The van der Waals surface area contributed by atoms with Gasteiger partial charge >= 0.3 is 0 Å². The van der Waals surface area contributed by atoms with E-state index < -0.39 is 0 Å². The molecule has 2 rings (SSSR count). The molecule has 0 bridgehead atoms. The van der Waals surface area contributed by atoms with Gasteiger partial charge in [-0.3, -0.25) is 4.79 Å². The van der Waals surface area contributed by atoms with E-state index in [4.69, 9.17) is 32.7 Å². The summed E-state index contributed by atoms with van der Waals surface area (Å²) in [4.78, 5) is 12.5. The second-order valence-electron chi connectivity index (χ2n) is 4.84. The predicted octanol–water partition coefficient (Wildman–Crippen LogP) is 4.96. The maximum absolute atomic E-state index is 12.5. The molecular formula is C17H17Cl2NO3. The Hall–Kier alpha value is -1.91. The average molecular weight is 354 g/mol. The number of aryl methyl sites for hydroxylation is 1. The summed E-state index contributed by atoms with van der Waals surface area (Å²) < 4.78 is 10.7. The molecule has 0 aliphatic rings. The summed E-state index contributed by atoms with van der Waals surface area (Å²) in [6.07, 6.45) is 0. The normalized spacial score (nSPS) is 10.3. The molecule has 1 N–H and O–H groups in total. The first-order valence-electron chi connectivity index (χ1n) is 7.04. The summed E-state index contributed by atoms with van der Waals surface area (Å²) in [6, 6.07) is 8.44. The Kier molecular flexibility index (Phi) is 5.74. The molecule has 2 aromatic rings. The van der Waals surface area contributed by atoms with Gasteiger partial charge in [0.05, 0.1) is 18.7 Å². The van der Waals surface area contributed by atoms with Gasteiger partial charge in [-0.15, -0.1) is 0 Å². The zero-order valence-electron chi connectivity index (χ0n) is 13.1. The number of hydrogen-bond donors (Lipinski definition) is 1. The number of carbonyl (C=O) groups excluding carboxylic acids is 1. The average Bonchev–Trinajstić information content (AvgIpc) is 2.51. The highest BCUT2D eigenvalue weighted by Gasteiger charge is 2.16. The van der Waals surface area contributed by atoms with E-state index in [0.29, 0.717) is 39.4 Å². The highest BCUT2D eigenvalue weighted by atomic mass is 35.5. The lowest BCUT2D eigenvalue weighted by Gasteiger charge is -2.14. The van der Waals surface area contributed by atoms with Crippen LogP contribution in [-0.4, -0.2) is 19.6 Å². The maximum Gasteiger partial charge on any atom is 0.255 e. The van der Waals surface area contributed by atoms with Crippen molar-refractivity contribution in [2.24, 2.45) is 0 Å². The molecule has 0 spiro atoms. The molecule has 0 saturated heterocycles. The number of rotatable bonds is 5. The quantitative estimate of drug-likeness (QED) is 0.825. The first kappa shape index (κ1) is 17.4. The largest absolute Gasteiger partial charge is 0.491 e. The van der Waals surface area contributed by atoms with Crippen LogP contribution in [0, 0.1) is 6.92 Å². The Morgan fingerprint density at radius 1 is 1.22 bits per heavy atom. The molecule has 2 aromatic carbocycles. The Bertz CT molecular complexity index is 732. The van der Waals surface area contributed by atoms with Crippen molar-refractivity contribution in [2.75, 3.05) is 19.0 Å². The van der Waals surface area contributed by atoms with E-state index in [-0.39, 0.29) is 5.91 Å². The summed E-state index contributed by atoms with van der Waals surface area (Å²) in [7, 11) is 1.50. The van der Waals surface area contributed by atoms with Gasteiger partial charge in [0.2, 0.25) is 0 Å². The van der Waals surface area contributed by atoms with Crippen LogP contribution in [0.15, 0.2) is 30.3 Å². The fourth-order valence-electron chi connectivity index (χ4n) is 2.08. The SMILES string of the molecule is CCOc1cc(C(=O)Nc2cc(Cl)ccc2C)cc(Cl)c1OC. The van der Waals surface area contributed by atoms with E-state index in [2.05, 4.69) is 5.32 Å². The van der Waals surface area contributed by atoms with Crippen molar-refractivity contribution in [1.82, 2.24) is 0 Å². The van der Waals surface area contributed by atoms with Gasteiger partial charge in [-0.1, -0.05) is 29.3 Å². The third-order valence-corrected chi connectivity index (χ3v) is 3.74. The van der Waals surface area contributed by atoms with Gasteiger partial charge in [0.1, 0.15) is 0 Å². The number of nitrogens with one attached hydrogen (secondary N) is 1. The van der Waals surface area contributed by atoms with E-state index in [9.17, 15) is 4.79 Å². The predicted molar refractivity (Wildman–Crippen MR) is 93.3 cm³/mol. The first-order valence-corrected chi connectivity index (χ1v) is 7.79. The van der Waals surface area contributed by atoms with Crippen molar-refractivity contribution in [3.8, 4) is 11.5 Å². The van der Waals surface area contributed by atoms with Gasteiger partial charge in [-0.25, -0.2) is 0 Å². The van der Waals surface area contributed by atoms with Crippen molar-refractivity contribution in [3.63, 3.8) is 0 Å². The number of anilines is 1. The molecule has 0 aliphatic carbocycles. The second kappa shape index (κ2) is 7.57. The lowest BCUT2D eigenvalue weighted by atomic mass is 10.1. The molecule has 122 valence electrons. The summed E-state index contributed by atoms with van der Waals surface area (Å²) in [5.74, 6) is 0.528. The van der Waals surface area contributed by atoms with Crippen LogP contribution in [0.3, 0.4) is 0 Å². The molecule has 0 saturated carbocycles. The number of hydrogen-bond acceptors (Lipinski definition) is 3. The molecule has 23 heavy (non-hydrogen) atoms. The van der Waals surface area contributed by atoms with Crippen molar-refractivity contribution in [2.45, 2.75) is 13.8 Å². The van der Waals surface area contributed by atoms with Gasteiger partial charge < -0.3 is 14.8 Å². The fourth-order valence-corrected chi connectivity index (χ4v) is 2.54. The summed E-state index contributed by atoms with van der Waals surface area (Å²) in [5, 5.41) is 3.68. The van der Waals surface area contributed by atoms with E-state index in [1.54, 1.807) is 18.2 Å². The zero-order chi connectivity index (χ0) is 17.0. The van der Waals surface area contributed by atoms with E-state index in [1.807, 2.05) is 19.9 Å². The molecule has 6 heteroatoms. The third kappa shape index (κ3) is 4.09. The molecule has 0 unspecified atom stereocenters. The van der Waals surface area contributed by atoms with E-state index in [0.717, 1.165) is 5.56 Å². The summed E-state index contributed by atoms with van der Waals surface area (Å²) in [5.41, 5.74) is 1.93. The van der Waals surface area contributed by atoms with Crippen molar-refractivity contribution in [1.29, 1.82) is 0 Å². The molecule has 4 nitrogen and oxygen atoms in total. The van der Waals surface area contributed by atoms with Gasteiger partial charge in [-0.05, 0) is 43.7 Å². The van der Waals surface area contributed by atoms with Gasteiger partial charge in [0.25, 0.3) is 5.91 Å². The lowest BCUT2D eigenvalue weighted by Crippen LogP contribution is -2.13. The Morgan fingerprint density at radius 3 is 2.61 bits per heavy atom. The third-order valence-electron chi connectivity index (χ3n) is 3.22. The number of carbonyl (C=O) groups is 1. The van der Waals surface area contributed by atoms with Crippen LogP contribution >= 0.6 is 23.2 Å². The van der Waals surface area contributed by atoms with Gasteiger partial charge in [-0.2, -0.15) is 0 Å². The van der Waals surface area contributed by atoms with Crippen LogP contribution in [0.25, 0.3) is 0 Å². The molecule has 0 heterocycles. The zero-order valence-corrected chi connectivity index (χ0v) is 14.6. The van der Waals surface area contributed by atoms with Crippen LogP contribution < -0.4 is 14.8 Å². The highest BCUT2D eigenvalue weighted by molar-refractivity contribution is 6.33. The van der Waals surface area contributed by atoms with Crippen molar-refractivity contribution < 1.29 is 14.3 Å². The van der Waals surface area contributed by atoms with Crippen LogP contribution in [0.4, 0.5) is 5.69 Å². The topological polar surface area (TPSA) is 47.6 Å². The minimum atomic E-state index is -0.305. The molecule has 0 aliphatic heterocycles. The van der Waals surface area contributed by atoms with Gasteiger partial charge in [0, 0.05) is 16.3 Å². The Morgan fingerprint density at radius 2 is 1.96 bits per heavy atom. The highest BCUT2D eigenvalue weighted by Crippen LogP contribution is 2.36. The lowest BCUT2D eigenvalue weighted by molar-refractivity contribution is 0.102. The summed E-state index contributed by atoms with van der Waals surface area (Å²) >= 11 is 12.1. The molecule has 0 fully saturated rings. The van der Waals surface area contributed by atoms with Crippen LogP contribution in [0.5, 0.6) is 11.5 Å². The number of benzene rings is 2.